The lowest BCUT2D eigenvalue weighted by molar-refractivity contribution is -0.150. The second-order valence-corrected chi connectivity index (χ2v) is 7.17. The number of halogens is 1. The molecule has 0 aliphatic rings. The SMILES string of the molecule is CC(C)(C)NC(=O)COC(=O)COc1ccc(-c2ccccc2)cc1Cl. The zero-order valence-corrected chi connectivity index (χ0v) is 15.8. The Morgan fingerprint density at radius 2 is 1.69 bits per heavy atom. The van der Waals surface area contributed by atoms with E-state index < -0.39 is 5.97 Å². The summed E-state index contributed by atoms with van der Waals surface area (Å²) in [4.78, 5) is 23.3. The van der Waals surface area contributed by atoms with E-state index in [9.17, 15) is 9.59 Å². The highest BCUT2D eigenvalue weighted by molar-refractivity contribution is 6.32. The van der Waals surface area contributed by atoms with Gasteiger partial charge in [0.05, 0.1) is 5.02 Å². The van der Waals surface area contributed by atoms with Gasteiger partial charge in [0, 0.05) is 5.54 Å². The van der Waals surface area contributed by atoms with Gasteiger partial charge in [0.15, 0.2) is 13.2 Å². The van der Waals surface area contributed by atoms with Gasteiger partial charge < -0.3 is 14.8 Å². The molecule has 0 atom stereocenters. The molecule has 1 amide bonds. The fraction of sp³-hybridized carbons (Fsp3) is 0.300. The molecule has 5 nitrogen and oxygen atoms in total. The van der Waals surface area contributed by atoms with Crippen molar-refractivity contribution in [3.63, 3.8) is 0 Å². The summed E-state index contributed by atoms with van der Waals surface area (Å²) in [6.45, 7) is 4.86. The number of carbonyl (C=O) groups excluding carboxylic acids is 2. The van der Waals surface area contributed by atoms with Crippen molar-refractivity contribution in [3.8, 4) is 16.9 Å². The molecule has 1 N–H and O–H groups in total. The summed E-state index contributed by atoms with van der Waals surface area (Å²) in [5.74, 6) is -0.629. The predicted molar refractivity (Wildman–Crippen MR) is 101 cm³/mol. The van der Waals surface area contributed by atoms with E-state index in [4.69, 9.17) is 21.1 Å². The van der Waals surface area contributed by atoms with Gasteiger partial charge >= 0.3 is 5.97 Å². The Balaban J connectivity index is 1.85. The number of nitrogens with one attached hydrogen (secondary N) is 1. The molecular formula is C20H22ClNO4. The van der Waals surface area contributed by atoms with Crippen molar-refractivity contribution in [2.45, 2.75) is 26.3 Å². The molecule has 0 aromatic heterocycles. The average Bonchev–Trinajstić information content (AvgIpc) is 2.58. The summed E-state index contributed by atoms with van der Waals surface area (Å²) in [6, 6.07) is 15.1. The number of amides is 1. The van der Waals surface area contributed by atoms with E-state index in [1.807, 2.05) is 57.2 Å². The number of ether oxygens (including phenoxy) is 2. The van der Waals surface area contributed by atoms with Gasteiger partial charge in [0.25, 0.3) is 5.91 Å². The first kappa shape index (κ1) is 19.8. The lowest BCUT2D eigenvalue weighted by atomic mass is 10.1. The molecule has 6 heteroatoms. The molecule has 2 aromatic carbocycles. The summed E-state index contributed by atoms with van der Waals surface area (Å²) >= 11 is 6.22. The lowest BCUT2D eigenvalue weighted by Crippen LogP contribution is -2.43. The quantitative estimate of drug-likeness (QED) is 0.779. The molecular weight excluding hydrogens is 354 g/mol. The first-order valence-electron chi connectivity index (χ1n) is 8.19. The number of rotatable bonds is 6. The summed E-state index contributed by atoms with van der Waals surface area (Å²) in [6.07, 6.45) is 0. The third-order valence-corrected chi connectivity index (χ3v) is 3.56. The fourth-order valence-electron chi connectivity index (χ4n) is 2.21. The molecule has 0 saturated carbocycles. The van der Waals surface area contributed by atoms with Crippen molar-refractivity contribution in [1.82, 2.24) is 5.32 Å². The number of benzene rings is 2. The Kier molecular flexibility index (Phi) is 6.64. The molecule has 0 fully saturated rings. The normalized spacial score (nSPS) is 10.9. The maximum Gasteiger partial charge on any atom is 0.344 e. The Morgan fingerprint density at radius 3 is 2.31 bits per heavy atom. The number of carbonyl (C=O) groups is 2. The van der Waals surface area contributed by atoms with Crippen molar-refractivity contribution in [2.75, 3.05) is 13.2 Å². The van der Waals surface area contributed by atoms with Crippen molar-refractivity contribution in [2.24, 2.45) is 0 Å². The van der Waals surface area contributed by atoms with E-state index in [0.29, 0.717) is 10.8 Å². The molecule has 26 heavy (non-hydrogen) atoms. The lowest BCUT2D eigenvalue weighted by Gasteiger charge is -2.20. The van der Waals surface area contributed by atoms with Crippen LogP contribution in [0.4, 0.5) is 0 Å². The average molecular weight is 376 g/mol. The third-order valence-electron chi connectivity index (χ3n) is 3.26. The number of esters is 1. The minimum atomic E-state index is -0.641. The molecule has 0 saturated heterocycles. The van der Waals surface area contributed by atoms with E-state index >= 15 is 0 Å². The maximum atomic E-state index is 11.7. The highest BCUT2D eigenvalue weighted by Gasteiger charge is 2.15. The van der Waals surface area contributed by atoms with Gasteiger partial charge in [-0.3, -0.25) is 4.79 Å². The minimum Gasteiger partial charge on any atom is -0.480 e. The van der Waals surface area contributed by atoms with Crippen LogP contribution in [0.25, 0.3) is 11.1 Å². The first-order chi connectivity index (χ1) is 12.2. The number of hydrogen-bond donors (Lipinski definition) is 1. The minimum absolute atomic E-state index is 0.326. The smallest absolute Gasteiger partial charge is 0.344 e. The number of hydrogen-bond acceptors (Lipinski definition) is 4. The highest BCUT2D eigenvalue weighted by atomic mass is 35.5. The third kappa shape index (κ3) is 6.41. The molecule has 138 valence electrons. The van der Waals surface area contributed by atoms with Crippen molar-refractivity contribution in [1.29, 1.82) is 0 Å². The summed E-state index contributed by atoms with van der Waals surface area (Å²) in [5.41, 5.74) is 1.60. The molecule has 0 radical (unpaired) electrons. The van der Waals surface area contributed by atoms with Crippen molar-refractivity contribution < 1.29 is 19.1 Å². The Labute approximate surface area is 158 Å². The molecule has 2 aromatic rings. The van der Waals surface area contributed by atoms with Crippen LogP contribution in [-0.2, 0) is 14.3 Å². The first-order valence-corrected chi connectivity index (χ1v) is 8.57. The predicted octanol–water partition coefficient (Wildman–Crippen LogP) is 3.84. The van der Waals surface area contributed by atoms with Gasteiger partial charge in [-0.1, -0.05) is 48.0 Å². The van der Waals surface area contributed by atoms with E-state index in [2.05, 4.69) is 5.32 Å². The molecule has 0 unspecified atom stereocenters. The Hall–Kier alpha value is -2.53. The topological polar surface area (TPSA) is 64.6 Å². The second-order valence-electron chi connectivity index (χ2n) is 6.76. The van der Waals surface area contributed by atoms with Crippen LogP contribution in [0.3, 0.4) is 0 Å². The van der Waals surface area contributed by atoms with Crippen LogP contribution in [0.2, 0.25) is 5.02 Å². The second kappa shape index (κ2) is 8.72. The van der Waals surface area contributed by atoms with Crippen LogP contribution in [0, 0.1) is 0 Å². The molecule has 2 rings (SSSR count). The van der Waals surface area contributed by atoms with E-state index in [-0.39, 0.29) is 24.7 Å². The molecule has 0 aliphatic heterocycles. The maximum absolute atomic E-state index is 11.7. The van der Waals surface area contributed by atoms with Gasteiger partial charge in [-0.05, 0) is 44.0 Å². The zero-order chi connectivity index (χ0) is 19.2. The summed E-state index contributed by atoms with van der Waals surface area (Å²) in [5, 5.41) is 3.09. The van der Waals surface area contributed by atoms with Crippen molar-refractivity contribution in [3.05, 3.63) is 53.6 Å². The van der Waals surface area contributed by atoms with E-state index in [1.165, 1.54) is 0 Å². The van der Waals surface area contributed by atoms with Crippen molar-refractivity contribution >= 4 is 23.5 Å². The van der Waals surface area contributed by atoms with E-state index in [1.54, 1.807) is 12.1 Å². The van der Waals surface area contributed by atoms with Gasteiger partial charge in [0.1, 0.15) is 5.75 Å². The van der Waals surface area contributed by atoms with E-state index in [0.717, 1.165) is 11.1 Å². The van der Waals surface area contributed by atoms with Crippen LogP contribution < -0.4 is 10.1 Å². The van der Waals surface area contributed by atoms with Gasteiger partial charge in [-0.25, -0.2) is 4.79 Å². The van der Waals surface area contributed by atoms with Crippen LogP contribution in [0.5, 0.6) is 5.75 Å². The zero-order valence-electron chi connectivity index (χ0n) is 15.0. The van der Waals surface area contributed by atoms with Crippen LogP contribution >= 0.6 is 11.6 Å². The fourth-order valence-corrected chi connectivity index (χ4v) is 2.44. The monoisotopic (exact) mass is 375 g/mol. The highest BCUT2D eigenvalue weighted by Crippen LogP contribution is 2.30. The van der Waals surface area contributed by atoms with Crippen LogP contribution in [0.1, 0.15) is 20.8 Å². The van der Waals surface area contributed by atoms with Gasteiger partial charge in [0.2, 0.25) is 0 Å². The molecule has 0 spiro atoms. The standard InChI is InChI=1S/C20H22ClNO4/c1-20(2,3)22-18(23)12-26-19(24)13-25-17-10-9-15(11-16(17)21)14-7-5-4-6-8-14/h4-11H,12-13H2,1-3H3,(H,22,23). The van der Waals surface area contributed by atoms with Gasteiger partial charge in [-0.2, -0.15) is 0 Å². The van der Waals surface area contributed by atoms with Gasteiger partial charge in [-0.15, -0.1) is 0 Å². The largest absolute Gasteiger partial charge is 0.480 e. The Bertz CT molecular complexity index is 769. The van der Waals surface area contributed by atoms with Crippen LogP contribution in [0.15, 0.2) is 48.5 Å². The summed E-state index contributed by atoms with van der Waals surface area (Å²) < 4.78 is 10.3. The molecule has 0 heterocycles. The molecule has 0 bridgehead atoms. The van der Waals surface area contributed by atoms with Crippen LogP contribution in [-0.4, -0.2) is 30.6 Å². The summed E-state index contributed by atoms with van der Waals surface area (Å²) in [7, 11) is 0. The molecule has 0 aliphatic carbocycles. The Morgan fingerprint density at radius 1 is 1.00 bits per heavy atom.